The lowest BCUT2D eigenvalue weighted by molar-refractivity contribution is -0.140. The largest absolute Gasteiger partial charge is 0.380 e. The Bertz CT molecular complexity index is 252. The van der Waals surface area contributed by atoms with Crippen molar-refractivity contribution in [1.82, 2.24) is 9.80 Å². The lowest BCUT2D eigenvalue weighted by atomic mass is 10.2. The third-order valence-corrected chi connectivity index (χ3v) is 2.56. The highest BCUT2D eigenvalue weighted by Crippen LogP contribution is 2.01. The number of rotatable bonds is 7. The molecule has 0 radical (unpaired) electrons. The zero-order valence-corrected chi connectivity index (χ0v) is 11.1. The van der Waals surface area contributed by atoms with E-state index in [1.165, 1.54) is 16.9 Å². The molecule has 0 aliphatic heterocycles. The Hall–Kier alpha value is -1.14. The SMILES string of the molecule is CCN(CC(=O)N(C)C)C(=O)CC(CN)OC. The summed E-state index contributed by atoms with van der Waals surface area (Å²) in [5.41, 5.74) is 5.45. The van der Waals surface area contributed by atoms with Gasteiger partial charge in [-0.25, -0.2) is 0 Å². The summed E-state index contributed by atoms with van der Waals surface area (Å²) >= 11 is 0. The van der Waals surface area contributed by atoms with Crippen LogP contribution in [0.25, 0.3) is 0 Å². The van der Waals surface area contributed by atoms with E-state index in [4.69, 9.17) is 10.5 Å². The van der Waals surface area contributed by atoms with Crippen molar-refractivity contribution in [3.05, 3.63) is 0 Å². The van der Waals surface area contributed by atoms with Crippen LogP contribution in [-0.2, 0) is 14.3 Å². The van der Waals surface area contributed by atoms with Crippen molar-refractivity contribution >= 4 is 11.8 Å². The number of amides is 2. The van der Waals surface area contributed by atoms with Crippen molar-refractivity contribution in [2.45, 2.75) is 19.4 Å². The first-order valence-corrected chi connectivity index (χ1v) is 5.67. The monoisotopic (exact) mass is 245 g/mol. The van der Waals surface area contributed by atoms with Gasteiger partial charge in [-0.05, 0) is 6.92 Å². The fourth-order valence-corrected chi connectivity index (χ4v) is 1.27. The zero-order valence-electron chi connectivity index (χ0n) is 11.1. The highest BCUT2D eigenvalue weighted by molar-refractivity contribution is 5.84. The predicted molar refractivity (Wildman–Crippen MR) is 65.4 cm³/mol. The van der Waals surface area contributed by atoms with E-state index in [1.54, 1.807) is 14.1 Å². The molecule has 2 N–H and O–H groups in total. The molecule has 0 saturated carbocycles. The Balaban J connectivity index is 4.35. The van der Waals surface area contributed by atoms with Gasteiger partial charge in [-0.1, -0.05) is 0 Å². The summed E-state index contributed by atoms with van der Waals surface area (Å²) in [6.07, 6.45) is -0.0762. The Morgan fingerprint density at radius 3 is 2.24 bits per heavy atom. The van der Waals surface area contributed by atoms with E-state index >= 15 is 0 Å². The van der Waals surface area contributed by atoms with E-state index in [0.717, 1.165) is 0 Å². The van der Waals surface area contributed by atoms with Gasteiger partial charge in [0.1, 0.15) is 0 Å². The van der Waals surface area contributed by atoms with E-state index in [-0.39, 0.29) is 30.9 Å². The molecule has 6 nitrogen and oxygen atoms in total. The molecule has 1 atom stereocenters. The van der Waals surface area contributed by atoms with Gasteiger partial charge in [0.15, 0.2) is 0 Å². The molecule has 0 heterocycles. The maximum Gasteiger partial charge on any atom is 0.241 e. The molecule has 0 fully saturated rings. The van der Waals surface area contributed by atoms with Crippen molar-refractivity contribution in [1.29, 1.82) is 0 Å². The molecule has 0 spiro atoms. The molecular weight excluding hydrogens is 222 g/mol. The third-order valence-electron chi connectivity index (χ3n) is 2.56. The molecule has 0 aliphatic rings. The summed E-state index contributed by atoms with van der Waals surface area (Å²) in [5.74, 6) is -0.207. The number of hydrogen-bond acceptors (Lipinski definition) is 4. The molecule has 6 heteroatoms. The van der Waals surface area contributed by atoms with Crippen LogP contribution in [0.4, 0.5) is 0 Å². The van der Waals surface area contributed by atoms with E-state index < -0.39 is 0 Å². The fourth-order valence-electron chi connectivity index (χ4n) is 1.27. The van der Waals surface area contributed by atoms with E-state index in [0.29, 0.717) is 13.1 Å². The van der Waals surface area contributed by atoms with Gasteiger partial charge in [0.05, 0.1) is 19.1 Å². The Morgan fingerprint density at radius 2 is 1.88 bits per heavy atom. The van der Waals surface area contributed by atoms with Crippen LogP contribution in [0.1, 0.15) is 13.3 Å². The van der Waals surface area contributed by atoms with Crippen molar-refractivity contribution in [3.63, 3.8) is 0 Å². The fraction of sp³-hybridized carbons (Fsp3) is 0.818. The van der Waals surface area contributed by atoms with E-state index in [2.05, 4.69) is 0 Å². The summed E-state index contributed by atoms with van der Waals surface area (Å²) in [6, 6.07) is 0. The second kappa shape index (κ2) is 8.03. The molecular formula is C11H23N3O3. The standard InChI is InChI=1S/C11H23N3O3/c1-5-14(8-11(16)13(2)3)10(15)6-9(7-12)17-4/h9H,5-8,12H2,1-4H3. The van der Waals surface area contributed by atoms with Crippen LogP contribution in [0.5, 0.6) is 0 Å². The van der Waals surface area contributed by atoms with Gasteiger partial charge in [0.2, 0.25) is 11.8 Å². The van der Waals surface area contributed by atoms with Crippen molar-refractivity contribution in [3.8, 4) is 0 Å². The first-order chi connectivity index (χ1) is 7.96. The maximum atomic E-state index is 11.9. The lowest BCUT2D eigenvalue weighted by Gasteiger charge is -2.24. The van der Waals surface area contributed by atoms with Crippen LogP contribution in [-0.4, -0.2) is 68.6 Å². The molecule has 0 aliphatic carbocycles. The maximum absolute atomic E-state index is 11.9. The minimum Gasteiger partial charge on any atom is -0.380 e. The van der Waals surface area contributed by atoms with Crippen LogP contribution >= 0.6 is 0 Å². The number of carbonyl (C=O) groups excluding carboxylic acids is 2. The number of nitrogens with zero attached hydrogens (tertiary/aromatic N) is 2. The number of likely N-dealkylation sites (N-methyl/N-ethyl adjacent to an activating group) is 2. The van der Waals surface area contributed by atoms with Crippen LogP contribution in [0.2, 0.25) is 0 Å². The molecule has 17 heavy (non-hydrogen) atoms. The highest BCUT2D eigenvalue weighted by Gasteiger charge is 2.19. The predicted octanol–water partition coefficient (Wildman–Crippen LogP) is -0.713. The van der Waals surface area contributed by atoms with Gasteiger partial charge < -0.3 is 20.3 Å². The number of methoxy groups -OCH3 is 1. The molecule has 0 bridgehead atoms. The first kappa shape index (κ1) is 15.9. The molecule has 0 saturated heterocycles. The van der Waals surface area contributed by atoms with Gasteiger partial charge in [-0.3, -0.25) is 9.59 Å². The van der Waals surface area contributed by atoms with Crippen molar-refractivity contribution in [2.24, 2.45) is 5.73 Å². The number of carbonyl (C=O) groups is 2. The average Bonchev–Trinajstić information content (AvgIpc) is 2.31. The average molecular weight is 245 g/mol. The van der Waals surface area contributed by atoms with E-state index in [1.807, 2.05) is 6.92 Å². The van der Waals surface area contributed by atoms with Gasteiger partial charge in [0, 0.05) is 34.3 Å². The lowest BCUT2D eigenvalue weighted by Crippen LogP contribution is -2.42. The second-order valence-electron chi connectivity index (χ2n) is 3.99. The molecule has 100 valence electrons. The van der Waals surface area contributed by atoms with Crippen LogP contribution < -0.4 is 5.73 Å². The smallest absolute Gasteiger partial charge is 0.241 e. The topological polar surface area (TPSA) is 75.9 Å². The first-order valence-electron chi connectivity index (χ1n) is 5.67. The molecule has 0 rings (SSSR count). The summed E-state index contributed by atoms with van der Waals surface area (Å²) in [5, 5.41) is 0. The minimum absolute atomic E-state index is 0.0954. The van der Waals surface area contributed by atoms with Gasteiger partial charge in [0.25, 0.3) is 0 Å². The number of ether oxygens (including phenoxy) is 1. The Morgan fingerprint density at radius 1 is 1.29 bits per heavy atom. The summed E-state index contributed by atoms with van der Waals surface area (Å²) in [4.78, 5) is 26.4. The van der Waals surface area contributed by atoms with Gasteiger partial charge in [-0.15, -0.1) is 0 Å². The van der Waals surface area contributed by atoms with Gasteiger partial charge in [-0.2, -0.15) is 0 Å². The summed E-state index contributed by atoms with van der Waals surface area (Å²) < 4.78 is 5.05. The highest BCUT2D eigenvalue weighted by atomic mass is 16.5. The molecule has 0 aromatic heterocycles. The van der Waals surface area contributed by atoms with Crippen LogP contribution in [0.15, 0.2) is 0 Å². The molecule has 0 aromatic rings. The van der Waals surface area contributed by atoms with Gasteiger partial charge >= 0.3 is 0 Å². The Labute approximate surface area is 103 Å². The number of hydrogen-bond donors (Lipinski definition) is 1. The quantitative estimate of drug-likeness (QED) is 0.642. The van der Waals surface area contributed by atoms with E-state index in [9.17, 15) is 9.59 Å². The summed E-state index contributed by atoms with van der Waals surface area (Å²) in [7, 11) is 4.85. The Kier molecular flexibility index (Phi) is 7.49. The molecule has 2 amide bonds. The zero-order chi connectivity index (χ0) is 13.4. The normalized spacial score (nSPS) is 12.1. The summed E-state index contributed by atoms with van der Waals surface area (Å²) in [6.45, 7) is 2.73. The third kappa shape index (κ3) is 5.65. The van der Waals surface area contributed by atoms with Crippen LogP contribution in [0, 0.1) is 0 Å². The number of nitrogens with two attached hydrogens (primary N) is 1. The minimum atomic E-state index is -0.286. The van der Waals surface area contributed by atoms with Crippen molar-refractivity contribution in [2.75, 3.05) is 40.8 Å². The second-order valence-corrected chi connectivity index (χ2v) is 3.99. The molecule has 0 aromatic carbocycles. The van der Waals surface area contributed by atoms with Crippen LogP contribution in [0.3, 0.4) is 0 Å². The van der Waals surface area contributed by atoms with Crippen molar-refractivity contribution < 1.29 is 14.3 Å². The molecule has 1 unspecified atom stereocenters.